The third-order valence-corrected chi connectivity index (χ3v) is 9.53. The first-order valence-electron chi connectivity index (χ1n) is 20.1. The first kappa shape index (κ1) is 45.7. The number of nitrogens with one attached hydrogen (secondary N) is 1. The third-order valence-electron chi connectivity index (χ3n) is 9.53. The zero-order valence-electron chi connectivity index (χ0n) is 31.2. The molecule has 1 rings (SSSR count). The summed E-state index contributed by atoms with van der Waals surface area (Å²) >= 11 is 0. The lowest BCUT2D eigenvalue weighted by atomic mass is 9.99. The number of hydrogen-bond acceptors (Lipinski definition) is 8. The maximum Gasteiger partial charge on any atom is 0.220 e. The van der Waals surface area contributed by atoms with E-state index in [1.165, 1.54) is 109 Å². The van der Waals surface area contributed by atoms with Gasteiger partial charge in [0.15, 0.2) is 6.29 Å². The second kappa shape index (κ2) is 31.4. The van der Waals surface area contributed by atoms with Crippen molar-refractivity contribution in [3.63, 3.8) is 0 Å². The van der Waals surface area contributed by atoms with Crippen LogP contribution in [-0.2, 0) is 14.3 Å². The van der Waals surface area contributed by atoms with Crippen molar-refractivity contribution in [3.05, 3.63) is 24.3 Å². The van der Waals surface area contributed by atoms with Crippen LogP contribution in [0.5, 0.6) is 0 Å². The van der Waals surface area contributed by atoms with Crippen LogP contribution < -0.4 is 5.32 Å². The molecule has 49 heavy (non-hydrogen) atoms. The van der Waals surface area contributed by atoms with E-state index in [2.05, 4.69) is 31.3 Å². The van der Waals surface area contributed by atoms with Gasteiger partial charge in [0.2, 0.25) is 5.91 Å². The first-order valence-corrected chi connectivity index (χ1v) is 20.1. The predicted octanol–water partition coefficient (Wildman–Crippen LogP) is 7.16. The molecule has 0 aromatic heterocycles. The van der Waals surface area contributed by atoms with E-state index in [-0.39, 0.29) is 12.5 Å². The monoisotopic (exact) mass is 698 g/mol. The molecule has 1 fully saturated rings. The van der Waals surface area contributed by atoms with Crippen molar-refractivity contribution < 1.29 is 39.8 Å². The van der Waals surface area contributed by atoms with E-state index in [9.17, 15) is 30.3 Å². The fourth-order valence-electron chi connectivity index (χ4n) is 6.23. The van der Waals surface area contributed by atoms with Crippen molar-refractivity contribution in [1.82, 2.24) is 5.32 Å². The Kier molecular flexibility index (Phi) is 29.3. The van der Waals surface area contributed by atoms with Crippen LogP contribution in [0, 0.1) is 0 Å². The van der Waals surface area contributed by atoms with Crippen LogP contribution in [0.15, 0.2) is 24.3 Å². The second-order valence-electron chi connectivity index (χ2n) is 14.1. The number of unbranched alkanes of at least 4 members (excludes halogenated alkanes) is 20. The Hall–Kier alpha value is -1.33. The van der Waals surface area contributed by atoms with E-state index >= 15 is 0 Å². The van der Waals surface area contributed by atoms with E-state index < -0.39 is 49.5 Å². The Bertz CT molecular complexity index is 822. The van der Waals surface area contributed by atoms with Crippen molar-refractivity contribution in [2.24, 2.45) is 0 Å². The van der Waals surface area contributed by atoms with Gasteiger partial charge in [0.25, 0.3) is 0 Å². The molecule has 1 saturated heterocycles. The SMILES string of the molecule is CCCCCCCCC/C=C/CC/C=C/[C@@H](O)[C@H](CO[C@@H]1O[C@H](CO)[C@@H](O)[C@H](O)[C@H]1O)NC(=O)CCCCCCCCCCCCCCC. The number of ether oxygens (including phenoxy) is 2. The van der Waals surface area contributed by atoms with Crippen LogP contribution >= 0.6 is 0 Å². The molecule has 1 heterocycles. The Morgan fingerprint density at radius 1 is 0.673 bits per heavy atom. The molecule has 7 atom stereocenters. The van der Waals surface area contributed by atoms with Crippen LogP contribution in [0.1, 0.15) is 168 Å². The summed E-state index contributed by atoms with van der Waals surface area (Å²) in [5, 5.41) is 53.9. The number of rotatable bonds is 32. The highest BCUT2D eigenvalue weighted by atomic mass is 16.7. The number of hydrogen-bond donors (Lipinski definition) is 6. The zero-order chi connectivity index (χ0) is 36.0. The summed E-state index contributed by atoms with van der Waals surface area (Å²) in [5.41, 5.74) is 0. The molecule has 1 aliphatic rings. The molecule has 6 N–H and O–H groups in total. The number of amides is 1. The number of carbonyl (C=O) groups excluding carboxylic acids is 1. The van der Waals surface area contributed by atoms with Crippen LogP contribution in [0.25, 0.3) is 0 Å². The van der Waals surface area contributed by atoms with Gasteiger partial charge in [-0.15, -0.1) is 0 Å². The Labute approximate surface area is 298 Å². The molecule has 0 aliphatic carbocycles. The van der Waals surface area contributed by atoms with Gasteiger partial charge >= 0.3 is 0 Å². The van der Waals surface area contributed by atoms with Crippen LogP contribution in [0.2, 0.25) is 0 Å². The summed E-state index contributed by atoms with van der Waals surface area (Å²) in [4.78, 5) is 12.9. The largest absolute Gasteiger partial charge is 0.394 e. The van der Waals surface area contributed by atoms with Crippen molar-refractivity contribution in [2.75, 3.05) is 13.2 Å². The molecule has 0 aromatic rings. The minimum Gasteiger partial charge on any atom is -0.394 e. The molecule has 1 aliphatic heterocycles. The molecular weight excluding hydrogens is 622 g/mol. The Morgan fingerprint density at radius 3 is 1.71 bits per heavy atom. The van der Waals surface area contributed by atoms with Gasteiger partial charge in [0, 0.05) is 6.42 Å². The zero-order valence-corrected chi connectivity index (χ0v) is 31.2. The number of allylic oxidation sites excluding steroid dienone is 3. The second-order valence-corrected chi connectivity index (χ2v) is 14.1. The highest BCUT2D eigenvalue weighted by Gasteiger charge is 2.44. The summed E-state index contributed by atoms with van der Waals surface area (Å²) in [5.74, 6) is -0.189. The van der Waals surface area contributed by atoms with Crippen LogP contribution in [0.3, 0.4) is 0 Å². The number of carbonyl (C=O) groups is 1. The number of aliphatic hydroxyl groups excluding tert-OH is 5. The Morgan fingerprint density at radius 2 is 1.16 bits per heavy atom. The smallest absolute Gasteiger partial charge is 0.220 e. The van der Waals surface area contributed by atoms with E-state index in [1.54, 1.807) is 6.08 Å². The van der Waals surface area contributed by atoms with E-state index in [1.807, 2.05) is 6.08 Å². The van der Waals surface area contributed by atoms with Crippen LogP contribution in [-0.4, -0.2) is 87.5 Å². The molecule has 0 spiro atoms. The molecule has 288 valence electrons. The predicted molar refractivity (Wildman–Crippen MR) is 198 cm³/mol. The van der Waals surface area contributed by atoms with Gasteiger partial charge in [0.05, 0.1) is 25.4 Å². The fraction of sp³-hybridized carbons (Fsp3) is 0.875. The van der Waals surface area contributed by atoms with Gasteiger partial charge in [-0.05, 0) is 32.1 Å². The highest BCUT2D eigenvalue weighted by Crippen LogP contribution is 2.22. The van der Waals surface area contributed by atoms with E-state index in [0.29, 0.717) is 6.42 Å². The van der Waals surface area contributed by atoms with Gasteiger partial charge in [-0.25, -0.2) is 0 Å². The maximum absolute atomic E-state index is 12.9. The van der Waals surface area contributed by atoms with Gasteiger partial charge in [-0.1, -0.05) is 154 Å². The lowest BCUT2D eigenvalue weighted by Gasteiger charge is -2.40. The van der Waals surface area contributed by atoms with Gasteiger partial charge in [-0.3, -0.25) is 4.79 Å². The minimum atomic E-state index is -1.57. The van der Waals surface area contributed by atoms with Crippen molar-refractivity contribution in [3.8, 4) is 0 Å². The fourth-order valence-corrected chi connectivity index (χ4v) is 6.23. The lowest BCUT2D eigenvalue weighted by Crippen LogP contribution is -2.60. The summed E-state index contributed by atoms with van der Waals surface area (Å²) in [6, 6.07) is -0.814. The Balaban J connectivity index is 2.46. The average molecular weight is 698 g/mol. The minimum absolute atomic E-state index is 0.189. The topological polar surface area (TPSA) is 149 Å². The van der Waals surface area contributed by atoms with Crippen molar-refractivity contribution in [2.45, 2.75) is 211 Å². The normalized spacial score (nSPS) is 22.6. The standard InChI is InChI=1S/C40H75NO8/c1-3-5-7-9-11-13-15-17-19-21-23-25-27-29-34(43)33(32-48-40-39(47)38(46)37(45)35(31-42)49-40)41-36(44)30-28-26-24-22-20-18-16-14-12-10-8-6-4-2/h19,21,27,29,33-35,37-40,42-43,45-47H,3-18,20,22-26,28,30-32H2,1-2H3,(H,41,44)/b21-19+,29-27+/t33-,34+,35+,37+,38-,39+,40+/m0/s1. The molecule has 1 amide bonds. The van der Waals surface area contributed by atoms with Gasteiger partial charge < -0.3 is 40.3 Å². The summed E-state index contributed by atoms with van der Waals surface area (Å²) < 4.78 is 11.1. The quantitative estimate of drug-likeness (QED) is 0.0320. The summed E-state index contributed by atoms with van der Waals surface area (Å²) in [6.45, 7) is 3.72. The molecule has 9 heteroatoms. The molecule has 0 unspecified atom stereocenters. The van der Waals surface area contributed by atoms with E-state index in [0.717, 1.165) is 38.5 Å². The third kappa shape index (κ3) is 23.0. The molecule has 0 radical (unpaired) electrons. The molecule has 0 bridgehead atoms. The highest BCUT2D eigenvalue weighted by molar-refractivity contribution is 5.76. The molecule has 0 saturated carbocycles. The van der Waals surface area contributed by atoms with Crippen LogP contribution in [0.4, 0.5) is 0 Å². The maximum atomic E-state index is 12.9. The van der Waals surface area contributed by atoms with Crippen molar-refractivity contribution >= 4 is 5.91 Å². The lowest BCUT2D eigenvalue weighted by molar-refractivity contribution is -0.302. The van der Waals surface area contributed by atoms with Crippen molar-refractivity contribution in [1.29, 1.82) is 0 Å². The summed E-state index contributed by atoms with van der Waals surface area (Å²) in [6.07, 6.45) is 27.9. The number of aliphatic hydroxyl groups is 5. The summed E-state index contributed by atoms with van der Waals surface area (Å²) in [7, 11) is 0. The molecule has 9 nitrogen and oxygen atoms in total. The first-order chi connectivity index (χ1) is 23.8. The average Bonchev–Trinajstić information content (AvgIpc) is 3.10. The molecule has 0 aromatic carbocycles. The molecular formula is C40H75NO8. The van der Waals surface area contributed by atoms with E-state index in [4.69, 9.17) is 9.47 Å². The van der Waals surface area contributed by atoms with Gasteiger partial charge in [-0.2, -0.15) is 0 Å². The van der Waals surface area contributed by atoms with Gasteiger partial charge in [0.1, 0.15) is 24.4 Å².